The molecule has 0 bridgehead atoms. The molecule has 0 radical (unpaired) electrons. The zero-order valence-corrected chi connectivity index (χ0v) is 16.6. The van der Waals surface area contributed by atoms with Gasteiger partial charge in [0, 0.05) is 22.6 Å². The van der Waals surface area contributed by atoms with Crippen LogP contribution in [-0.2, 0) is 11.5 Å². The molecular formula is C23H17N3O3S. The third kappa shape index (κ3) is 3.13. The summed E-state index contributed by atoms with van der Waals surface area (Å²) < 4.78 is 1.69. The minimum Gasteiger partial charge on any atom is -0.478 e. The second-order valence-corrected chi connectivity index (χ2v) is 8.00. The smallest absolute Gasteiger partial charge is 0.335 e. The fraction of sp³-hybridized carbons (Fsp3) is 0.0870. The SMILES string of the molecule is O=C(O)c1ccc(-n2nc3c(c2NC(=O)c2cccc4ccccc24)CSC3)cc1. The van der Waals surface area contributed by atoms with Crippen LogP contribution in [0.2, 0.25) is 0 Å². The number of fused-ring (bicyclic) bond motifs is 2. The number of carbonyl (C=O) groups excluding carboxylic acids is 1. The van der Waals surface area contributed by atoms with E-state index in [0.717, 1.165) is 33.5 Å². The van der Waals surface area contributed by atoms with Crippen LogP contribution in [0.1, 0.15) is 32.0 Å². The zero-order valence-electron chi connectivity index (χ0n) is 15.8. The Morgan fingerprint density at radius 3 is 2.53 bits per heavy atom. The summed E-state index contributed by atoms with van der Waals surface area (Å²) >= 11 is 1.75. The van der Waals surface area contributed by atoms with Gasteiger partial charge in [-0.25, -0.2) is 9.48 Å². The predicted octanol–water partition coefficient (Wildman–Crippen LogP) is 4.72. The van der Waals surface area contributed by atoms with E-state index in [2.05, 4.69) is 10.4 Å². The first kappa shape index (κ1) is 18.4. The Morgan fingerprint density at radius 2 is 1.73 bits per heavy atom. The second kappa shape index (κ2) is 7.35. The Bertz CT molecular complexity index is 1290. The molecule has 0 saturated carbocycles. The molecule has 1 aliphatic heterocycles. The van der Waals surface area contributed by atoms with Gasteiger partial charge in [0.1, 0.15) is 5.82 Å². The number of anilines is 1. The van der Waals surface area contributed by atoms with Crippen LogP contribution in [0, 0.1) is 0 Å². The van der Waals surface area contributed by atoms with Gasteiger partial charge in [-0.3, -0.25) is 4.79 Å². The molecule has 7 heteroatoms. The quantitative estimate of drug-likeness (QED) is 0.504. The van der Waals surface area contributed by atoms with Gasteiger partial charge >= 0.3 is 5.97 Å². The molecule has 1 aromatic heterocycles. The van der Waals surface area contributed by atoms with Crippen LogP contribution in [0.15, 0.2) is 66.7 Å². The largest absolute Gasteiger partial charge is 0.478 e. The van der Waals surface area contributed by atoms with Crippen LogP contribution < -0.4 is 5.32 Å². The molecule has 5 rings (SSSR count). The Balaban J connectivity index is 1.56. The van der Waals surface area contributed by atoms with E-state index in [1.807, 2.05) is 42.5 Å². The van der Waals surface area contributed by atoms with E-state index in [-0.39, 0.29) is 11.5 Å². The molecule has 6 nitrogen and oxygen atoms in total. The number of hydrogen-bond donors (Lipinski definition) is 2. The van der Waals surface area contributed by atoms with E-state index in [1.165, 1.54) is 12.1 Å². The van der Waals surface area contributed by atoms with Crippen molar-refractivity contribution >= 4 is 40.2 Å². The van der Waals surface area contributed by atoms with Crippen molar-refractivity contribution in [2.45, 2.75) is 11.5 Å². The third-order valence-corrected chi connectivity index (χ3v) is 6.15. The molecule has 2 heterocycles. The highest BCUT2D eigenvalue weighted by molar-refractivity contribution is 7.98. The predicted molar refractivity (Wildman–Crippen MR) is 117 cm³/mol. The first-order chi connectivity index (χ1) is 14.6. The van der Waals surface area contributed by atoms with Gasteiger partial charge in [0.25, 0.3) is 5.91 Å². The number of rotatable bonds is 4. The summed E-state index contributed by atoms with van der Waals surface area (Å²) in [5, 5.41) is 18.8. The van der Waals surface area contributed by atoms with Crippen LogP contribution in [0.5, 0.6) is 0 Å². The molecule has 0 spiro atoms. The lowest BCUT2D eigenvalue weighted by molar-refractivity contribution is 0.0696. The summed E-state index contributed by atoms with van der Waals surface area (Å²) in [5.74, 6) is 1.01. The molecule has 0 saturated heterocycles. The minimum atomic E-state index is -0.981. The maximum absolute atomic E-state index is 13.2. The summed E-state index contributed by atoms with van der Waals surface area (Å²) in [7, 11) is 0. The Labute approximate surface area is 176 Å². The van der Waals surface area contributed by atoms with Crippen molar-refractivity contribution in [1.82, 2.24) is 9.78 Å². The molecule has 0 fully saturated rings. The van der Waals surface area contributed by atoms with Gasteiger partial charge in [-0.15, -0.1) is 0 Å². The van der Waals surface area contributed by atoms with Gasteiger partial charge in [-0.05, 0) is 41.1 Å². The van der Waals surface area contributed by atoms with Crippen LogP contribution >= 0.6 is 11.8 Å². The highest BCUT2D eigenvalue weighted by Gasteiger charge is 2.25. The maximum atomic E-state index is 13.2. The van der Waals surface area contributed by atoms with Gasteiger partial charge in [0.05, 0.1) is 16.9 Å². The van der Waals surface area contributed by atoms with Crippen LogP contribution in [0.4, 0.5) is 5.82 Å². The summed E-state index contributed by atoms with van der Waals surface area (Å²) in [6.45, 7) is 0. The number of carboxylic acid groups (broad SMARTS) is 1. The third-order valence-electron chi connectivity index (χ3n) is 5.18. The molecule has 3 aromatic carbocycles. The average molecular weight is 415 g/mol. The molecule has 30 heavy (non-hydrogen) atoms. The monoisotopic (exact) mass is 415 g/mol. The number of amides is 1. The number of aromatic nitrogens is 2. The fourth-order valence-electron chi connectivity index (χ4n) is 3.67. The summed E-state index contributed by atoms with van der Waals surface area (Å²) in [5.41, 5.74) is 3.45. The minimum absolute atomic E-state index is 0.199. The number of carboxylic acids is 1. The summed E-state index contributed by atoms with van der Waals surface area (Å²) in [4.78, 5) is 24.4. The summed E-state index contributed by atoms with van der Waals surface area (Å²) in [6.07, 6.45) is 0. The van der Waals surface area contributed by atoms with Crippen LogP contribution in [0.3, 0.4) is 0 Å². The Hall–Kier alpha value is -3.58. The number of nitrogens with zero attached hydrogens (tertiary/aromatic N) is 2. The number of aromatic carboxylic acids is 1. The van der Waals surface area contributed by atoms with Gasteiger partial charge in [-0.1, -0.05) is 36.4 Å². The number of benzene rings is 3. The number of nitrogens with one attached hydrogen (secondary N) is 1. The highest BCUT2D eigenvalue weighted by Crippen LogP contribution is 2.36. The van der Waals surface area contributed by atoms with Crippen molar-refractivity contribution in [3.05, 3.63) is 89.1 Å². The zero-order chi connectivity index (χ0) is 20.7. The lowest BCUT2D eigenvalue weighted by atomic mass is 10.0. The lowest BCUT2D eigenvalue weighted by Gasteiger charge is -2.12. The normalized spacial score (nSPS) is 12.7. The van der Waals surface area contributed by atoms with Crippen molar-refractivity contribution in [3.63, 3.8) is 0 Å². The Kier molecular flexibility index (Phi) is 4.52. The molecular weight excluding hydrogens is 398 g/mol. The van der Waals surface area contributed by atoms with E-state index in [1.54, 1.807) is 28.6 Å². The van der Waals surface area contributed by atoms with Gasteiger partial charge in [0.2, 0.25) is 0 Å². The molecule has 2 N–H and O–H groups in total. The van der Waals surface area contributed by atoms with Crippen molar-refractivity contribution < 1.29 is 14.7 Å². The van der Waals surface area contributed by atoms with Gasteiger partial charge < -0.3 is 10.4 Å². The average Bonchev–Trinajstić information content (AvgIpc) is 3.36. The molecule has 0 unspecified atom stereocenters. The first-order valence-corrected chi connectivity index (χ1v) is 10.6. The summed E-state index contributed by atoms with van der Waals surface area (Å²) in [6, 6.07) is 19.9. The van der Waals surface area contributed by atoms with Gasteiger partial charge in [0.15, 0.2) is 0 Å². The van der Waals surface area contributed by atoms with Crippen molar-refractivity contribution in [2.24, 2.45) is 0 Å². The Morgan fingerprint density at radius 1 is 0.967 bits per heavy atom. The molecule has 1 aliphatic rings. The molecule has 4 aromatic rings. The van der Waals surface area contributed by atoms with Crippen LogP contribution in [0.25, 0.3) is 16.5 Å². The van der Waals surface area contributed by atoms with Crippen molar-refractivity contribution in [2.75, 3.05) is 5.32 Å². The highest BCUT2D eigenvalue weighted by atomic mass is 32.2. The van der Waals surface area contributed by atoms with E-state index < -0.39 is 5.97 Å². The lowest BCUT2D eigenvalue weighted by Crippen LogP contribution is -2.16. The van der Waals surface area contributed by atoms with E-state index in [4.69, 9.17) is 5.11 Å². The standard InChI is InChI=1S/C23H17N3O3S/c27-22(18-7-3-5-14-4-1-2-6-17(14)18)24-21-19-12-30-13-20(19)25-26(21)16-10-8-15(9-11-16)23(28)29/h1-11H,12-13H2,(H,24,27)(H,28,29). The maximum Gasteiger partial charge on any atom is 0.335 e. The topological polar surface area (TPSA) is 84.2 Å². The van der Waals surface area contributed by atoms with Crippen molar-refractivity contribution in [1.29, 1.82) is 0 Å². The van der Waals surface area contributed by atoms with Crippen LogP contribution in [-0.4, -0.2) is 26.8 Å². The number of hydrogen-bond acceptors (Lipinski definition) is 4. The van der Waals surface area contributed by atoms with Gasteiger partial charge in [-0.2, -0.15) is 16.9 Å². The van der Waals surface area contributed by atoms with E-state index >= 15 is 0 Å². The molecule has 0 atom stereocenters. The number of carbonyl (C=O) groups is 2. The second-order valence-electron chi connectivity index (χ2n) is 7.01. The van der Waals surface area contributed by atoms with Crippen molar-refractivity contribution in [3.8, 4) is 5.69 Å². The van der Waals surface area contributed by atoms with E-state index in [9.17, 15) is 9.59 Å². The molecule has 148 valence electrons. The van der Waals surface area contributed by atoms with E-state index in [0.29, 0.717) is 17.1 Å². The molecule has 1 amide bonds. The fourth-order valence-corrected chi connectivity index (χ4v) is 4.71. The molecule has 0 aliphatic carbocycles. The first-order valence-electron chi connectivity index (χ1n) is 9.43. The number of thioether (sulfide) groups is 1.